The smallest absolute Gasteiger partial charge is 0.263 e. The lowest BCUT2D eigenvalue weighted by atomic mass is 10.1. The van der Waals surface area contributed by atoms with E-state index in [2.05, 4.69) is 0 Å². The van der Waals surface area contributed by atoms with Gasteiger partial charge in [-0.2, -0.15) is 0 Å². The van der Waals surface area contributed by atoms with E-state index in [9.17, 15) is 9.90 Å². The second kappa shape index (κ2) is 7.45. The van der Waals surface area contributed by atoms with Gasteiger partial charge in [0.1, 0.15) is 11.5 Å². The van der Waals surface area contributed by atoms with Crippen LogP contribution in [0.25, 0.3) is 11.8 Å². The fraction of sp³-hybridized carbons (Fsp3) is 0.0417. The van der Waals surface area contributed by atoms with Gasteiger partial charge in [0.2, 0.25) is 0 Å². The number of hydrogen-bond acceptors (Lipinski definition) is 3. The van der Waals surface area contributed by atoms with Gasteiger partial charge in [-0.05, 0) is 47.5 Å². The van der Waals surface area contributed by atoms with E-state index in [1.807, 2.05) is 66.7 Å². The number of hydrogen-bond donors (Lipinski definition) is 1. The van der Waals surface area contributed by atoms with Gasteiger partial charge in [0.05, 0.1) is 18.5 Å². The molecule has 1 aliphatic heterocycles. The van der Waals surface area contributed by atoms with Gasteiger partial charge in [0.15, 0.2) is 0 Å². The van der Waals surface area contributed by atoms with Gasteiger partial charge in [0, 0.05) is 5.57 Å². The fourth-order valence-electron chi connectivity index (χ4n) is 3.21. The van der Waals surface area contributed by atoms with Crippen molar-refractivity contribution in [1.82, 2.24) is 0 Å². The van der Waals surface area contributed by atoms with Crippen molar-refractivity contribution < 1.29 is 14.6 Å². The minimum absolute atomic E-state index is 0.0587. The number of methoxy groups -OCH3 is 1. The molecule has 3 aromatic rings. The van der Waals surface area contributed by atoms with Crippen LogP contribution < -0.4 is 9.64 Å². The summed E-state index contributed by atoms with van der Waals surface area (Å²) < 4.78 is 5.19. The number of aromatic hydroxyl groups is 1. The molecular formula is C24H19NO3. The largest absolute Gasteiger partial charge is 0.506 e. The number of carbonyl (C=O) groups is 1. The standard InChI is InChI=1S/C24H19NO3/c1-28-20-13-11-17(12-14-20)15-19-16-22(18-7-3-2-4-8-18)25(24(19)27)21-9-5-6-10-23(21)26/h2-16,26H,1H3/b19-15+. The van der Waals surface area contributed by atoms with Crippen molar-refractivity contribution in [2.75, 3.05) is 12.0 Å². The zero-order valence-corrected chi connectivity index (χ0v) is 15.4. The second-order valence-corrected chi connectivity index (χ2v) is 6.40. The van der Waals surface area contributed by atoms with Gasteiger partial charge in [-0.15, -0.1) is 0 Å². The molecule has 0 saturated carbocycles. The van der Waals surface area contributed by atoms with Crippen molar-refractivity contribution in [3.8, 4) is 11.5 Å². The van der Waals surface area contributed by atoms with Crippen molar-refractivity contribution in [3.05, 3.63) is 102 Å². The summed E-state index contributed by atoms with van der Waals surface area (Å²) >= 11 is 0. The Morgan fingerprint density at radius 3 is 2.25 bits per heavy atom. The van der Waals surface area contributed by atoms with Crippen LogP contribution in [0.1, 0.15) is 11.1 Å². The quantitative estimate of drug-likeness (QED) is 0.668. The molecule has 138 valence electrons. The number of nitrogens with zero attached hydrogens (tertiary/aromatic N) is 1. The SMILES string of the molecule is COc1ccc(/C=C2\C=C(c3ccccc3)N(c3ccccc3O)C2=O)cc1. The highest BCUT2D eigenvalue weighted by molar-refractivity contribution is 6.23. The van der Waals surface area contributed by atoms with E-state index in [4.69, 9.17) is 4.74 Å². The monoisotopic (exact) mass is 369 g/mol. The van der Waals surface area contributed by atoms with Crippen molar-refractivity contribution in [3.63, 3.8) is 0 Å². The van der Waals surface area contributed by atoms with Gasteiger partial charge >= 0.3 is 0 Å². The maximum Gasteiger partial charge on any atom is 0.263 e. The molecule has 1 N–H and O–H groups in total. The molecule has 0 atom stereocenters. The average molecular weight is 369 g/mol. The van der Waals surface area contributed by atoms with E-state index in [0.717, 1.165) is 22.6 Å². The molecule has 4 rings (SSSR count). The predicted octanol–water partition coefficient (Wildman–Crippen LogP) is 4.87. The van der Waals surface area contributed by atoms with Gasteiger partial charge in [0.25, 0.3) is 5.91 Å². The van der Waals surface area contributed by atoms with Crippen LogP contribution in [0, 0.1) is 0 Å². The third-order valence-electron chi connectivity index (χ3n) is 4.61. The van der Waals surface area contributed by atoms with Crippen LogP contribution in [0.3, 0.4) is 0 Å². The highest BCUT2D eigenvalue weighted by Crippen LogP contribution is 2.39. The molecule has 0 aliphatic carbocycles. The minimum Gasteiger partial charge on any atom is -0.506 e. The predicted molar refractivity (Wildman–Crippen MR) is 111 cm³/mol. The molecule has 28 heavy (non-hydrogen) atoms. The molecule has 0 spiro atoms. The lowest BCUT2D eigenvalue weighted by Crippen LogP contribution is -2.25. The van der Waals surface area contributed by atoms with Crippen molar-refractivity contribution >= 4 is 23.4 Å². The Morgan fingerprint density at radius 2 is 1.57 bits per heavy atom. The normalized spacial score (nSPS) is 15.0. The zero-order valence-electron chi connectivity index (χ0n) is 15.4. The Morgan fingerprint density at radius 1 is 0.893 bits per heavy atom. The number of phenolic OH excluding ortho intramolecular Hbond substituents is 1. The Labute approximate surface area is 163 Å². The average Bonchev–Trinajstić information content (AvgIpc) is 3.06. The van der Waals surface area contributed by atoms with Crippen molar-refractivity contribution in [2.45, 2.75) is 0 Å². The Kier molecular flexibility index (Phi) is 4.68. The summed E-state index contributed by atoms with van der Waals surface area (Å²) in [5.74, 6) is 0.635. The molecule has 0 fully saturated rings. The van der Waals surface area contributed by atoms with Crippen LogP contribution in [-0.4, -0.2) is 18.1 Å². The molecule has 1 aliphatic rings. The summed E-state index contributed by atoms with van der Waals surface area (Å²) in [6, 6.07) is 24.0. The number of ether oxygens (including phenoxy) is 1. The summed E-state index contributed by atoms with van der Waals surface area (Å²) in [4.78, 5) is 14.8. The topological polar surface area (TPSA) is 49.8 Å². The molecule has 0 aromatic heterocycles. The van der Waals surface area contributed by atoms with E-state index in [-0.39, 0.29) is 11.7 Å². The third-order valence-corrected chi connectivity index (χ3v) is 4.61. The first kappa shape index (κ1) is 17.6. The zero-order chi connectivity index (χ0) is 19.5. The number of amides is 1. The number of para-hydroxylation sites is 2. The summed E-state index contributed by atoms with van der Waals surface area (Å²) in [6.07, 6.45) is 3.69. The molecule has 3 aromatic carbocycles. The van der Waals surface area contributed by atoms with Gasteiger partial charge < -0.3 is 9.84 Å². The first-order valence-corrected chi connectivity index (χ1v) is 8.93. The maximum atomic E-state index is 13.2. The van der Waals surface area contributed by atoms with E-state index in [1.165, 1.54) is 0 Å². The lowest BCUT2D eigenvalue weighted by molar-refractivity contribution is -0.113. The first-order chi connectivity index (χ1) is 13.7. The van der Waals surface area contributed by atoms with E-state index in [0.29, 0.717) is 11.3 Å². The van der Waals surface area contributed by atoms with E-state index >= 15 is 0 Å². The number of rotatable bonds is 4. The molecule has 0 bridgehead atoms. The molecule has 1 amide bonds. The van der Waals surface area contributed by atoms with Gasteiger partial charge in [-0.3, -0.25) is 9.69 Å². The Hall–Kier alpha value is -3.79. The second-order valence-electron chi connectivity index (χ2n) is 6.40. The summed E-state index contributed by atoms with van der Waals surface area (Å²) in [7, 11) is 1.62. The molecule has 0 saturated heterocycles. The van der Waals surface area contributed by atoms with Crippen LogP contribution in [0.15, 0.2) is 90.5 Å². The van der Waals surface area contributed by atoms with Crippen molar-refractivity contribution in [2.24, 2.45) is 0 Å². The Bertz CT molecular complexity index is 1070. The number of carbonyl (C=O) groups excluding carboxylic acids is 1. The lowest BCUT2D eigenvalue weighted by Gasteiger charge is -2.21. The molecular weight excluding hydrogens is 350 g/mol. The van der Waals surface area contributed by atoms with Crippen LogP contribution in [0.4, 0.5) is 5.69 Å². The Balaban J connectivity index is 1.81. The third kappa shape index (κ3) is 3.28. The highest BCUT2D eigenvalue weighted by Gasteiger charge is 2.31. The number of anilines is 1. The van der Waals surface area contributed by atoms with E-state index in [1.54, 1.807) is 36.3 Å². The van der Waals surface area contributed by atoms with Crippen LogP contribution in [0.2, 0.25) is 0 Å². The summed E-state index contributed by atoms with van der Waals surface area (Å²) in [5, 5.41) is 10.3. The van der Waals surface area contributed by atoms with E-state index < -0.39 is 0 Å². The molecule has 4 nitrogen and oxygen atoms in total. The molecule has 4 heteroatoms. The number of phenols is 1. The van der Waals surface area contributed by atoms with Crippen LogP contribution in [0.5, 0.6) is 11.5 Å². The molecule has 0 radical (unpaired) electrons. The summed E-state index contributed by atoms with van der Waals surface area (Å²) in [6.45, 7) is 0. The fourth-order valence-corrected chi connectivity index (χ4v) is 3.21. The maximum absolute atomic E-state index is 13.2. The summed E-state index contributed by atoms with van der Waals surface area (Å²) in [5.41, 5.74) is 3.53. The highest BCUT2D eigenvalue weighted by atomic mass is 16.5. The van der Waals surface area contributed by atoms with Gasteiger partial charge in [-0.25, -0.2) is 0 Å². The number of benzene rings is 3. The molecule has 1 heterocycles. The van der Waals surface area contributed by atoms with Crippen LogP contribution >= 0.6 is 0 Å². The van der Waals surface area contributed by atoms with Crippen molar-refractivity contribution in [1.29, 1.82) is 0 Å². The molecule has 0 unspecified atom stereocenters. The van der Waals surface area contributed by atoms with Crippen LogP contribution in [-0.2, 0) is 4.79 Å². The minimum atomic E-state index is -0.184. The van der Waals surface area contributed by atoms with Gasteiger partial charge in [-0.1, -0.05) is 54.6 Å². The first-order valence-electron chi connectivity index (χ1n) is 8.93.